The van der Waals surface area contributed by atoms with Crippen molar-refractivity contribution in [3.8, 4) is 0 Å². The van der Waals surface area contributed by atoms with Gasteiger partial charge in [-0.25, -0.2) is 33.6 Å². The Morgan fingerprint density at radius 1 is 0.427 bits per heavy atom. The van der Waals surface area contributed by atoms with Gasteiger partial charge < -0.3 is 83.6 Å². The van der Waals surface area contributed by atoms with Crippen LogP contribution < -0.4 is 47.9 Å². The summed E-state index contributed by atoms with van der Waals surface area (Å²) >= 11 is 0. The molecule has 16 N–H and O–H groups in total. The number of unbranched alkanes of at least 4 members (excludes halogenated alkanes) is 5. The van der Waals surface area contributed by atoms with Crippen molar-refractivity contribution in [1.82, 2.24) is 57.7 Å². The summed E-state index contributed by atoms with van der Waals surface area (Å²) in [6.07, 6.45) is 3.02. The molecule has 1 heterocycles. The molecule has 7 amide bonds. The van der Waals surface area contributed by atoms with Crippen LogP contribution in [0.15, 0.2) is 60.7 Å². The molecule has 0 saturated carbocycles. The van der Waals surface area contributed by atoms with Gasteiger partial charge >= 0.3 is 53.4 Å². The van der Waals surface area contributed by atoms with Crippen molar-refractivity contribution in [2.24, 2.45) is 0 Å². The van der Waals surface area contributed by atoms with Gasteiger partial charge in [0.05, 0.1) is 6.54 Å². The summed E-state index contributed by atoms with van der Waals surface area (Å²) in [6, 6.07) is 9.22. The highest BCUT2D eigenvalue weighted by Gasteiger charge is 2.59. The van der Waals surface area contributed by atoms with Gasteiger partial charge in [0.25, 0.3) is 0 Å². The monoisotopic (exact) mass is 1260 g/mol. The molecule has 1 fully saturated rings. The summed E-state index contributed by atoms with van der Waals surface area (Å²) in [7, 11) is 0. The van der Waals surface area contributed by atoms with Gasteiger partial charge in [0, 0.05) is 97.6 Å². The van der Waals surface area contributed by atoms with E-state index in [1.807, 2.05) is 0 Å². The van der Waals surface area contributed by atoms with Crippen LogP contribution in [0, 0.1) is 0 Å². The SMILES string of the molecule is O=C(O)CCC(NC(=O)NC(CCCCNC(=O)CCCCCCC(=O)NCCCCC(NC(=O)C(Cc1ccccc1)NC(=O)C(Cc1ccccc1)NC(=O)CN1CCNCCNCCN(C(C(=O)O)(C(=O)O)C(=O)O)CC1)C(=O)O)C(=O)O)C(=O)O. The lowest BCUT2D eigenvalue weighted by Gasteiger charge is -2.36. The summed E-state index contributed by atoms with van der Waals surface area (Å²) < 4.78 is 0. The summed E-state index contributed by atoms with van der Waals surface area (Å²) in [5, 5.41) is 91.5. The predicted octanol–water partition coefficient (Wildman–Crippen LogP) is -1.22. The molecule has 2 aromatic carbocycles. The van der Waals surface area contributed by atoms with Gasteiger partial charge in [-0.3, -0.25) is 38.6 Å². The first-order valence-electron chi connectivity index (χ1n) is 29.5. The standard InChI is InChI=1S/C58H85N11O20/c70-45(21-9-1-2-10-22-46(71)62-26-14-12-20-41(52(79)80)66-57(89)67-42(53(81)82)23-24-48(73)74)61-25-13-11-19-40(51(77)78)64-50(76)44(36-39-17-7-4-8-18-39)65-49(75)43(35-38-15-5-3-6-16-38)63-47(72)37-68-31-29-59-27-28-60-30-32-69(34-33-68)58(54(83)84,55(85)86)56(87)88/h3-8,15-18,40-44,59-60H,1-2,9-14,19-37H2,(H,61,70)(H,62,71)(H,63,72)(H,64,76)(H,65,75)(H,73,74)(H,77,78)(H,79,80)(H,81,82)(H,83,84)(H,85,86)(H,87,88)(H2,66,67,89). The van der Waals surface area contributed by atoms with Crippen molar-refractivity contribution >= 4 is 77.4 Å². The van der Waals surface area contributed by atoms with Crippen LogP contribution in [0.5, 0.6) is 0 Å². The molecule has 1 aliphatic heterocycles. The van der Waals surface area contributed by atoms with E-state index < -0.39 is 127 Å². The molecule has 0 bridgehead atoms. The van der Waals surface area contributed by atoms with Crippen LogP contribution in [0.2, 0.25) is 0 Å². The minimum Gasteiger partial charge on any atom is -0.481 e. The highest BCUT2D eigenvalue weighted by atomic mass is 16.4. The first-order chi connectivity index (χ1) is 42.4. The summed E-state index contributed by atoms with van der Waals surface area (Å²) in [4.78, 5) is 165. The van der Waals surface area contributed by atoms with E-state index in [4.69, 9.17) is 5.11 Å². The number of urea groups is 1. The summed E-state index contributed by atoms with van der Waals surface area (Å²) in [6.45, 7) is 0.540. The lowest BCUT2D eigenvalue weighted by molar-refractivity contribution is -0.179. The first kappa shape index (κ1) is 74.4. The highest BCUT2D eigenvalue weighted by Crippen LogP contribution is 2.19. The van der Waals surface area contributed by atoms with E-state index in [2.05, 4.69) is 47.9 Å². The van der Waals surface area contributed by atoms with Crippen LogP contribution >= 0.6 is 0 Å². The van der Waals surface area contributed by atoms with Crippen molar-refractivity contribution in [2.75, 3.05) is 72.0 Å². The Hall–Kier alpha value is -8.81. The van der Waals surface area contributed by atoms with E-state index in [0.717, 1.165) is 4.90 Å². The number of carboxylic acid groups (broad SMARTS) is 7. The molecule has 492 valence electrons. The maximum Gasteiger partial charge on any atom is 0.347 e. The van der Waals surface area contributed by atoms with Crippen molar-refractivity contribution < 1.29 is 98.1 Å². The van der Waals surface area contributed by atoms with E-state index in [9.17, 15) is 93.0 Å². The number of carbonyl (C=O) groups excluding carboxylic acids is 6. The molecule has 31 heteroatoms. The van der Waals surface area contributed by atoms with E-state index in [1.165, 1.54) is 0 Å². The lowest BCUT2D eigenvalue weighted by Crippen LogP contribution is -2.67. The molecule has 1 aliphatic rings. The number of hydrogen-bond acceptors (Lipinski definition) is 17. The zero-order chi connectivity index (χ0) is 65.7. The molecule has 5 atom stereocenters. The number of aliphatic carboxylic acids is 7. The average molecular weight is 1260 g/mol. The second kappa shape index (κ2) is 40.6. The van der Waals surface area contributed by atoms with Crippen molar-refractivity contribution in [1.29, 1.82) is 0 Å². The Labute approximate surface area is 513 Å². The number of benzene rings is 2. The van der Waals surface area contributed by atoms with E-state index in [0.29, 0.717) is 75.7 Å². The van der Waals surface area contributed by atoms with E-state index in [-0.39, 0.29) is 96.0 Å². The van der Waals surface area contributed by atoms with Crippen LogP contribution in [-0.2, 0) is 70.4 Å². The fraction of sp³-hybridized carbons (Fsp3) is 0.569. The quantitative estimate of drug-likeness (QED) is 0.0275. The molecular formula is C58H85N11O20. The van der Waals surface area contributed by atoms with Gasteiger partial charge in [0.2, 0.25) is 29.5 Å². The van der Waals surface area contributed by atoms with Crippen LogP contribution in [-0.4, -0.2) is 231 Å². The average Bonchev–Trinajstić information content (AvgIpc) is 1.24. The fourth-order valence-corrected chi connectivity index (χ4v) is 9.55. The normalized spacial score (nSPS) is 15.1. The number of rotatable bonds is 40. The second-order valence-electron chi connectivity index (χ2n) is 21.3. The predicted molar refractivity (Wildman–Crippen MR) is 316 cm³/mol. The summed E-state index contributed by atoms with van der Waals surface area (Å²) in [5.41, 5.74) is -2.09. The summed E-state index contributed by atoms with van der Waals surface area (Å²) in [5.74, 6) is -14.5. The molecule has 2 aromatic rings. The van der Waals surface area contributed by atoms with Crippen LogP contribution in [0.1, 0.15) is 101 Å². The minimum absolute atomic E-state index is 0.0223. The van der Waals surface area contributed by atoms with Crippen molar-refractivity contribution in [3.05, 3.63) is 71.8 Å². The maximum atomic E-state index is 14.4. The molecule has 0 aliphatic carbocycles. The molecule has 3 rings (SSSR count). The van der Waals surface area contributed by atoms with Crippen LogP contribution in [0.25, 0.3) is 0 Å². The number of nitrogens with zero attached hydrogens (tertiary/aromatic N) is 2. The number of amides is 7. The van der Waals surface area contributed by atoms with Gasteiger partial charge in [0.1, 0.15) is 30.2 Å². The van der Waals surface area contributed by atoms with Crippen LogP contribution in [0.4, 0.5) is 4.79 Å². The topological polar surface area (TPSA) is 478 Å². The lowest BCUT2D eigenvalue weighted by atomic mass is 9.97. The Balaban J connectivity index is 1.50. The molecule has 0 radical (unpaired) electrons. The Morgan fingerprint density at radius 3 is 1.30 bits per heavy atom. The first-order valence-corrected chi connectivity index (χ1v) is 29.5. The molecule has 5 unspecified atom stereocenters. The smallest absolute Gasteiger partial charge is 0.347 e. The number of carboxylic acids is 7. The van der Waals surface area contributed by atoms with Crippen molar-refractivity contribution in [3.63, 3.8) is 0 Å². The van der Waals surface area contributed by atoms with E-state index in [1.54, 1.807) is 65.6 Å². The zero-order valence-electron chi connectivity index (χ0n) is 49.6. The molecule has 0 spiro atoms. The van der Waals surface area contributed by atoms with E-state index >= 15 is 0 Å². The third kappa shape index (κ3) is 28.3. The van der Waals surface area contributed by atoms with Crippen LogP contribution in [0.3, 0.4) is 0 Å². The zero-order valence-corrected chi connectivity index (χ0v) is 49.6. The molecule has 31 nitrogen and oxygen atoms in total. The molecule has 1 saturated heterocycles. The largest absolute Gasteiger partial charge is 0.481 e. The van der Waals surface area contributed by atoms with Gasteiger partial charge in [-0.1, -0.05) is 73.5 Å². The number of hydrogen-bond donors (Lipinski definition) is 16. The Morgan fingerprint density at radius 2 is 0.854 bits per heavy atom. The minimum atomic E-state index is -3.33. The molecule has 89 heavy (non-hydrogen) atoms. The number of nitrogens with one attached hydrogen (secondary N) is 9. The second-order valence-corrected chi connectivity index (χ2v) is 21.3. The van der Waals surface area contributed by atoms with Crippen molar-refractivity contribution in [2.45, 2.75) is 138 Å². The number of carbonyl (C=O) groups is 13. The molecule has 0 aromatic heterocycles. The van der Waals surface area contributed by atoms with Gasteiger partial charge in [-0.05, 0) is 68.9 Å². The fourth-order valence-electron chi connectivity index (χ4n) is 9.55. The highest BCUT2D eigenvalue weighted by molar-refractivity contribution is 6.21. The maximum absolute atomic E-state index is 14.4. The molecular weight excluding hydrogens is 1170 g/mol. The van der Waals surface area contributed by atoms with Gasteiger partial charge in [-0.2, -0.15) is 0 Å². The van der Waals surface area contributed by atoms with Gasteiger partial charge in [-0.15, -0.1) is 0 Å². The Kier molecular flexibility index (Phi) is 34.0. The third-order valence-electron chi connectivity index (χ3n) is 14.5. The Bertz CT molecular complexity index is 2640. The van der Waals surface area contributed by atoms with Gasteiger partial charge in [0.15, 0.2) is 0 Å². The third-order valence-corrected chi connectivity index (χ3v) is 14.5.